The Bertz CT molecular complexity index is 423. The number of alkyl halides is 4. The van der Waals surface area contributed by atoms with Crippen LogP contribution in [0.3, 0.4) is 0 Å². The maximum Gasteiger partial charge on any atom is 0.461 e. The molecular formula is C13H16ClF4NO. The molecular weight excluding hydrogens is 298 g/mol. The molecule has 2 N–H and O–H groups in total. The van der Waals surface area contributed by atoms with E-state index in [2.05, 4.69) is 4.74 Å². The van der Waals surface area contributed by atoms with E-state index in [1.54, 1.807) is 0 Å². The van der Waals surface area contributed by atoms with Gasteiger partial charge in [-0.1, -0.05) is 25.0 Å². The van der Waals surface area contributed by atoms with Crippen molar-refractivity contribution in [1.29, 1.82) is 0 Å². The summed E-state index contributed by atoms with van der Waals surface area (Å²) in [5, 5.41) is 0. The molecule has 114 valence electrons. The normalized spacial score (nSPS) is 16.7. The number of benzene rings is 1. The number of halogens is 5. The Kier molecular flexibility index (Phi) is 5.65. The van der Waals surface area contributed by atoms with Crippen LogP contribution in [-0.4, -0.2) is 12.5 Å². The SMILES string of the molecule is Cl.N[C@H](CC1CC1)c1ccc(OC(F)(F)C(F)F)cc1. The highest BCUT2D eigenvalue weighted by Gasteiger charge is 2.43. The van der Waals surface area contributed by atoms with Gasteiger partial charge in [0, 0.05) is 6.04 Å². The summed E-state index contributed by atoms with van der Waals surface area (Å²) in [6, 6.07) is 5.38. The first-order valence-corrected chi connectivity index (χ1v) is 6.09. The van der Waals surface area contributed by atoms with Crippen molar-refractivity contribution in [2.75, 3.05) is 0 Å². The van der Waals surface area contributed by atoms with E-state index in [4.69, 9.17) is 5.73 Å². The summed E-state index contributed by atoms with van der Waals surface area (Å²) in [5.74, 6) is 0.349. The molecule has 1 fully saturated rings. The fraction of sp³-hybridized carbons (Fsp3) is 0.538. The Hall–Kier alpha value is -1.01. The van der Waals surface area contributed by atoms with Crippen LogP contribution >= 0.6 is 12.4 Å². The quantitative estimate of drug-likeness (QED) is 0.801. The van der Waals surface area contributed by atoms with Gasteiger partial charge in [0.2, 0.25) is 0 Å². The molecule has 0 saturated heterocycles. The molecule has 0 unspecified atom stereocenters. The lowest BCUT2D eigenvalue weighted by molar-refractivity contribution is -0.253. The van der Waals surface area contributed by atoms with E-state index in [0.29, 0.717) is 5.92 Å². The van der Waals surface area contributed by atoms with Crippen LogP contribution in [0.4, 0.5) is 17.6 Å². The fourth-order valence-corrected chi connectivity index (χ4v) is 1.83. The van der Waals surface area contributed by atoms with Gasteiger partial charge in [-0.2, -0.15) is 17.6 Å². The molecule has 0 aliphatic heterocycles. The van der Waals surface area contributed by atoms with Gasteiger partial charge in [-0.05, 0) is 30.0 Å². The highest BCUT2D eigenvalue weighted by molar-refractivity contribution is 5.85. The summed E-state index contributed by atoms with van der Waals surface area (Å²) < 4.78 is 53.2. The molecule has 1 aromatic carbocycles. The van der Waals surface area contributed by atoms with E-state index < -0.39 is 12.5 Å². The zero-order valence-corrected chi connectivity index (χ0v) is 11.4. The molecule has 7 heteroatoms. The van der Waals surface area contributed by atoms with Crippen LogP contribution in [0.2, 0.25) is 0 Å². The maximum atomic E-state index is 12.7. The Morgan fingerprint density at radius 3 is 2.20 bits per heavy atom. The third kappa shape index (κ3) is 4.52. The number of rotatable bonds is 6. The molecule has 0 heterocycles. The van der Waals surface area contributed by atoms with Crippen molar-refractivity contribution < 1.29 is 22.3 Å². The van der Waals surface area contributed by atoms with E-state index >= 15 is 0 Å². The summed E-state index contributed by atoms with van der Waals surface area (Å²) in [5.41, 5.74) is 6.74. The topological polar surface area (TPSA) is 35.2 Å². The molecule has 0 spiro atoms. The minimum atomic E-state index is -4.47. The number of hydrogen-bond acceptors (Lipinski definition) is 2. The third-order valence-corrected chi connectivity index (χ3v) is 3.10. The first kappa shape index (κ1) is 17.0. The fourth-order valence-electron chi connectivity index (χ4n) is 1.83. The summed E-state index contributed by atoms with van der Waals surface area (Å²) in [4.78, 5) is 0. The third-order valence-electron chi connectivity index (χ3n) is 3.10. The Balaban J connectivity index is 0.00000200. The van der Waals surface area contributed by atoms with Crippen LogP contribution in [0.25, 0.3) is 0 Å². The molecule has 0 bridgehead atoms. The number of hydrogen-bond donors (Lipinski definition) is 1. The van der Waals surface area contributed by atoms with Crippen LogP contribution in [-0.2, 0) is 0 Å². The van der Waals surface area contributed by atoms with Gasteiger partial charge in [0.05, 0.1) is 0 Å². The van der Waals surface area contributed by atoms with Gasteiger partial charge in [-0.25, -0.2) is 0 Å². The van der Waals surface area contributed by atoms with E-state index in [1.165, 1.54) is 37.1 Å². The van der Waals surface area contributed by atoms with Gasteiger partial charge in [0.15, 0.2) is 0 Å². The van der Waals surface area contributed by atoms with Gasteiger partial charge >= 0.3 is 12.5 Å². The number of ether oxygens (including phenoxy) is 1. The summed E-state index contributed by atoms with van der Waals surface area (Å²) in [6.07, 6.45) is -5.12. The largest absolute Gasteiger partial charge is 0.461 e. The highest BCUT2D eigenvalue weighted by Crippen LogP contribution is 2.37. The van der Waals surface area contributed by atoms with Crippen molar-refractivity contribution in [3.63, 3.8) is 0 Å². The van der Waals surface area contributed by atoms with Gasteiger partial charge in [-0.3, -0.25) is 0 Å². The first-order chi connectivity index (χ1) is 8.88. The first-order valence-electron chi connectivity index (χ1n) is 6.09. The second-order valence-corrected chi connectivity index (χ2v) is 4.82. The molecule has 1 aromatic rings. The van der Waals surface area contributed by atoms with Crippen LogP contribution in [0, 0.1) is 5.92 Å². The molecule has 2 rings (SSSR count). The predicted molar refractivity (Wildman–Crippen MR) is 69.5 cm³/mol. The highest BCUT2D eigenvalue weighted by atomic mass is 35.5. The molecule has 1 aliphatic rings. The Morgan fingerprint density at radius 1 is 1.20 bits per heavy atom. The smallest absolute Gasteiger partial charge is 0.428 e. The minimum absolute atomic E-state index is 0. The summed E-state index contributed by atoms with van der Waals surface area (Å²) in [7, 11) is 0. The molecule has 1 atom stereocenters. The van der Waals surface area contributed by atoms with Gasteiger partial charge in [0.25, 0.3) is 0 Å². The molecule has 0 aromatic heterocycles. The molecule has 1 saturated carbocycles. The summed E-state index contributed by atoms with van der Waals surface area (Å²) >= 11 is 0. The van der Waals surface area contributed by atoms with E-state index in [-0.39, 0.29) is 24.2 Å². The van der Waals surface area contributed by atoms with Gasteiger partial charge in [0.1, 0.15) is 5.75 Å². The lowest BCUT2D eigenvalue weighted by Crippen LogP contribution is -2.33. The van der Waals surface area contributed by atoms with Crippen molar-refractivity contribution in [2.24, 2.45) is 11.7 Å². The van der Waals surface area contributed by atoms with Crippen LogP contribution in [0.5, 0.6) is 5.75 Å². The van der Waals surface area contributed by atoms with Crippen molar-refractivity contribution in [3.05, 3.63) is 29.8 Å². The van der Waals surface area contributed by atoms with Crippen LogP contribution in [0.1, 0.15) is 30.9 Å². The van der Waals surface area contributed by atoms with Crippen LogP contribution in [0.15, 0.2) is 24.3 Å². The lowest BCUT2D eigenvalue weighted by Gasteiger charge is -2.17. The molecule has 0 radical (unpaired) electrons. The molecule has 2 nitrogen and oxygen atoms in total. The standard InChI is InChI=1S/C13H15F4NO.ClH/c14-12(15)13(16,17)19-10-5-3-9(4-6-10)11(18)7-8-1-2-8;/h3-6,8,11-12H,1-2,7,18H2;1H/t11-;/m1./s1. The Labute approximate surface area is 120 Å². The van der Waals surface area contributed by atoms with E-state index in [9.17, 15) is 17.6 Å². The molecule has 0 amide bonds. The summed E-state index contributed by atoms with van der Waals surface area (Å²) in [6.45, 7) is 0. The number of nitrogens with two attached hydrogens (primary N) is 1. The maximum absolute atomic E-state index is 12.7. The zero-order valence-electron chi connectivity index (χ0n) is 10.6. The van der Waals surface area contributed by atoms with E-state index in [1.807, 2.05) is 0 Å². The van der Waals surface area contributed by atoms with Crippen molar-refractivity contribution in [3.8, 4) is 5.75 Å². The van der Waals surface area contributed by atoms with Crippen molar-refractivity contribution in [2.45, 2.75) is 37.8 Å². The van der Waals surface area contributed by atoms with Crippen LogP contribution < -0.4 is 10.5 Å². The zero-order chi connectivity index (χ0) is 14.0. The molecule has 1 aliphatic carbocycles. The molecule has 20 heavy (non-hydrogen) atoms. The lowest BCUT2D eigenvalue weighted by atomic mass is 10.0. The Morgan fingerprint density at radius 2 is 1.75 bits per heavy atom. The second kappa shape index (κ2) is 6.63. The minimum Gasteiger partial charge on any atom is -0.428 e. The average molecular weight is 314 g/mol. The van der Waals surface area contributed by atoms with Crippen molar-refractivity contribution in [1.82, 2.24) is 0 Å². The van der Waals surface area contributed by atoms with Crippen molar-refractivity contribution >= 4 is 12.4 Å². The van der Waals surface area contributed by atoms with Gasteiger partial charge in [-0.15, -0.1) is 12.4 Å². The van der Waals surface area contributed by atoms with Gasteiger partial charge < -0.3 is 10.5 Å². The second-order valence-electron chi connectivity index (χ2n) is 4.82. The average Bonchev–Trinajstić information content (AvgIpc) is 3.13. The van der Waals surface area contributed by atoms with E-state index in [0.717, 1.165) is 12.0 Å². The predicted octanol–water partition coefficient (Wildman–Crippen LogP) is 4.15. The monoisotopic (exact) mass is 313 g/mol.